The summed E-state index contributed by atoms with van der Waals surface area (Å²) in [4.78, 5) is 50.3. The van der Waals surface area contributed by atoms with Gasteiger partial charge < -0.3 is 20.3 Å². The second kappa shape index (κ2) is 12.1. The number of benzene rings is 1. The number of aryl methyl sites for hydroxylation is 3. The van der Waals surface area contributed by atoms with E-state index in [-0.39, 0.29) is 51.2 Å². The molecule has 5 heterocycles. The maximum atomic E-state index is 15.7. The number of ether oxygens (including phenoxy) is 1. The smallest absolute Gasteiger partial charge is 0.300 e. The van der Waals surface area contributed by atoms with Crippen molar-refractivity contribution in [2.24, 2.45) is 0 Å². The van der Waals surface area contributed by atoms with E-state index in [1.807, 2.05) is 18.7 Å². The summed E-state index contributed by atoms with van der Waals surface area (Å²) in [6.45, 7) is 10.5. The molecule has 1 saturated heterocycles. The van der Waals surface area contributed by atoms with Crippen LogP contribution in [-0.4, -0.2) is 57.2 Å². The molecule has 10 nitrogen and oxygen atoms in total. The summed E-state index contributed by atoms with van der Waals surface area (Å²) in [5.41, 5.74) is 7.37. The predicted molar refractivity (Wildman–Crippen MR) is 179 cm³/mol. The van der Waals surface area contributed by atoms with Crippen molar-refractivity contribution in [3.8, 4) is 17.1 Å². The molecule has 1 atom stereocenters. The van der Waals surface area contributed by atoms with E-state index < -0.39 is 16.9 Å². The number of amides is 1. The predicted octanol–water partition coefficient (Wildman–Crippen LogP) is 4.98. The first kappa shape index (κ1) is 31.6. The third-order valence-corrected chi connectivity index (χ3v) is 9.46. The molecule has 0 aliphatic carbocycles. The molecule has 2 aliphatic heterocycles. The molecular weight excluding hydrogens is 634 g/mol. The van der Waals surface area contributed by atoms with Crippen molar-refractivity contribution in [3.05, 3.63) is 90.6 Å². The molecular formula is C33H33Cl2FN6O4. The van der Waals surface area contributed by atoms with Gasteiger partial charge in [0.2, 0.25) is 11.7 Å². The van der Waals surface area contributed by atoms with Crippen LogP contribution < -0.4 is 26.5 Å². The van der Waals surface area contributed by atoms with Crippen molar-refractivity contribution >= 4 is 51.4 Å². The van der Waals surface area contributed by atoms with Gasteiger partial charge in [-0.15, -0.1) is 0 Å². The topological polar surface area (TPSA) is 116 Å². The van der Waals surface area contributed by atoms with Crippen LogP contribution >= 0.6 is 23.2 Å². The van der Waals surface area contributed by atoms with Gasteiger partial charge in [0.15, 0.2) is 5.82 Å². The average Bonchev–Trinajstić information content (AvgIpc) is 3.25. The molecule has 13 heteroatoms. The van der Waals surface area contributed by atoms with Crippen LogP contribution in [0.15, 0.2) is 46.8 Å². The van der Waals surface area contributed by atoms with E-state index >= 15 is 4.39 Å². The van der Waals surface area contributed by atoms with Crippen LogP contribution in [-0.2, 0) is 17.6 Å². The van der Waals surface area contributed by atoms with Crippen molar-refractivity contribution in [3.63, 3.8) is 0 Å². The van der Waals surface area contributed by atoms with Gasteiger partial charge in [-0.1, -0.05) is 43.6 Å². The first-order chi connectivity index (χ1) is 22.0. The number of aromatic nitrogens is 3. The average molecular weight is 668 g/mol. The molecule has 240 valence electrons. The molecule has 3 aromatic heterocycles. The number of hydrogen-bond acceptors (Lipinski definition) is 7. The summed E-state index contributed by atoms with van der Waals surface area (Å²) >= 11 is 12.5. The Kier molecular flexibility index (Phi) is 8.32. The number of nitrogens with two attached hydrogens (primary N) is 1. The molecule has 0 unspecified atom stereocenters. The number of fused-ring (bicyclic) bond motifs is 5. The third-order valence-electron chi connectivity index (χ3n) is 8.87. The largest absolute Gasteiger partial charge is 0.486 e. The van der Waals surface area contributed by atoms with Crippen molar-refractivity contribution < 1.29 is 13.9 Å². The Morgan fingerprint density at radius 2 is 1.76 bits per heavy atom. The minimum absolute atomic E-state index is 0.00805. The number of carbonyl (C=O) groups is 1. The zero-order valence-corrected chi connectivity index (χ0v) is 27.2. The molecule has 4 aromatic rings. The van der Waals surface area contributed by atoms with Gasteiger partial charge in [0.25, 0.3) is 11.1 Å². The van der Waals surface area contributed by atoms with Crippen LogP contribution in [0, 0.1) is 12.7 Å². The van der Waals surface area contributed by atoms with E-state index in [1.54, 1.807) is 30.3 Å². The second-order valence-corrected chi connectivity index (χ2v) is 12.2. The summed E-state index contributed by atoms with van der Waals surface area (Å²) in [6, 6.07) is 2.71. The first-order valence-corrected chi connectivity index (χ1v) is 15.8. The Balaban J connectivity index is 1.78. The van der Waals surface area contributed by atoms with Gasteiger partial charge in [-0.05, 0) is 49.1 Å². The minimum Gasteiger partial charge on any atom is -0.486 e. The van der Waals surface area contributed by atoms with Gasteiger partial charge in [-0.2, -0.15) is 0 Å². The van der Waals surface area contributed by atoms with E-state index in [1.165, 1.54) is 16.7 Å². The van der Waals surface area contributed by atoms with Crippen molar-refractivity contribution in [2.75, 3.05) is 36.9 Å². The fourth-order valence-electron chi connectivity index (χ4n) is 6.64. The highest BCUT2D eigenvalue weighted by Crippen LogP contribution is 2.41. The van der Waals surface area contributed by atoms with E-state index in [2.05, 4.69) is 11.6 Å². The number of nitrogen functional groups attached to an aromatic ring is 1. The summed E-state index contributed by atoms with van der Waals surface area (Å²) in [5, 5.41) is 0.113. The Morgan fingerprint density at radius 3 is 2.41 bits per heavy atom. The van der Waals surface area contributed by atoms with Crippen LogP contribution in [0.2, 0.25) is 10.0 Å². The minimum atomic E-state index is -0.921. The Bertz CT molecular complexity index is 2010. The fourth-order valence-corrected chi connectivity index (χ4v) is 7.09. The monoisotopic (exact) mass is 666 g/mol. The van der Waals surface area contributed by atoms with Gasteiger partial charge in [0.1, 0.15) is 11.2 Å². The SMILES string of the molecule is C=CC(=O)N1CCN2c3c(c(=O)n(-c4c(CC)cncc4CC)c4c(=O)n(-c5c(N)c(Cl)cc(Cl)c5F)c(C)cc34)OCC[C@H]2C1. The third kappa shape index (κ3) is 4.84. The molecule has 1 fully saturated rings. The summed E-state index contributed by atoms with van der Waals surface area (Å²) < 4.78 is 24.5. The van der Waals surface area contributed by atoms with E-state index in [0.29, 0.717) is 61.4 Å². The zero-order chi connectivity index (χ0) is 33.0. The summed E-state index contributed by atoms with van der Waals surface area (Å²) in [5.74, 6) is -0.997. The number of halogens is 3. The van der Waals surface area contributed by atoms with Crippen LogP contribution in [0.4, 0.5) is 15.8 Å². The highest BCUT2D eigenvalue weighted by atomic mass is 35.5. The molecule has 1 amide bonds. The number of pyridine rings is 3. The molecule has 1 aromatic carbocycles. The Labute approximate surface area is 274 Å². The lowest BCUT2D eigenvalue weighted by atomic mass is 10.0. The number of anilines is 2. The lowest BCUT2D eigenvalue weighted by molar-refractivity contribution is -0.126. The molecule has 2 N–H and O–H groups in total. The van der Waals surface area contributed by atoms with E-state index in [9.17, 15) is 14.4 Å². The Hall–Kier alpha value is -4.35. The molecule has 0 saturated carbocycles. The van der Waals surface area contributed by atoms with E-state index in [4.69, 9.17) is 33.7 Å². The first-order valence-electron chi connectivity index (χ1n) is 15.1. The maximum Gasteiger partial charge on any atom is 0.300 e. The van der Waals surface area contributed by atoms with Gasteiger partial charge >= 0.3 is 0 Å². The highest BCUT2D eigenvalue weighted by molar-refractivity contribution is 6.37. The van der Waals surface area contributed by atoms with Crippen LogP contribution in [0.25, 0.3) is 22.3 Å². The van der Waals surface area contributed by atoms with Crippen LogP contribution in [0.5, 0.6) is 5.75 Å². The molecule has 6 rings (SSSR count). The van der Waals surface area contributed by atoms with Crippen LogP contribution in [0.1, 0.15) is 37.1 Å². The number of carbonyl (C=O) groups excluding carboxylic acids is 1. The highest BCUT2D eigenvalue weighted by Gasteiger charge is 2.37. The number of rotatable bonds is 5. The maximum absolute atomic E-state index is 15.7. The molecule has 0 bridgehead atoms. The van der Waals surface area contributed by atoms with Gasteiger partial charge in [0.05, 0.1) is 39.8 Å². The summed E-state index contributed by atoms with van der Waals surface area (Å²) in [6.07, 6.45) is 6.21. The lowest BCUT2D eigenvalue weighted by Gasteiger charge is -2.42. The standard InChI is InChI=1S/C33H33Cl2FN6O4/c1-5-18-14-38-15-19(6-2)27(18)42-29-21(12-17(4)41(32(29)44)30-25(36)22(34)13-23(35)26(30)37)28-31(33(42)45)46-11-8-20-16-39(24(43)7-3)9-10-40(20)28/h7,12-15,20H,3,5-6,8-11,16,37H2,1-2,4H3/t20-/m0/s1. The quantitative estimate of drug-likeness (QED) is 0.181. The van der Waals surface area contributed by atoms with Gasteiger partial charge in [-0.3, -0.25) is 28.5 Å². The van der Waals surface area contributed by atoms with Crippen LogP contribution in [0.3, 0.4) is 0 Å². The number of piperazine rings is 1. The molecule has 2 aliphatic rings. The fraction of sp³-hybridized carbons (Fsp3) is 0.333. The van der Waals surface area contributed by atoms with E-state index in [0.717, 1.165) is 15.7 Å². The van der Waals surface area contributed by atoms with Crippen molar-refractivity contribution in [1.29, 1.82) is 0 Å². The Morgan fingerprint density at radius 1 is 1.07 bits per heavy atom. The summed E-state index contributed by atoms with van der Waals surface area (Å²) in [7, 11) is 0. The lowest BCUT2D eigenvalue weighted by Crippen LogP contribution is -2.54. The number of nitrogens with zero attached hydrogens (tertiary/aromatic N) is 5. The molecule has 0 radical (unpaired) electrons. The second-order valence-electron chi connectivity index (χ2n) is 11.4. The van der Waals surface area contributed by atoms with Gasteiger partial charge in [-0.25, -0.2) is 4.39 Å². The number of hydrogen-bond donors (Lipinski definition) is 1. The normalized spacial score (nSPS) is 16.1. The van der Waals surface area contributed by atoms with Crippen molar-refractivity contribution in [1.82, 2.24) is 19.0 Å². The van der Waals surface area contributed by atoms with Gasteiger partial charge in [0, 0.05) is 49.5 Å². The zero-order valence-electron chi connectivity index (χ0n) is 25.7. The van der Waals surface area contributed by atoms with Crippen molar-refractivity contribution in [2.45, 2.75) is 46.1 Å². The molecule has 0 spiro atoms. The molecule has 46 heavy (non-hydrogen) atoms.